The number of carbonyl (C=O) groups is 4. The molecule has 0 aromatic heterocycles. The molecular weight excluding hydrogens is 291 g/mol. The van der Waals surface area contributed by atoms with Crippen LogP contribution in [0.2, 0.25) is 0 Å². The highest BCUT2D eigenvalue weighted by Gasteiger charge is 2.45. The Hall–Kier alpha value is -2.83. The second kappa shape index (κ2) is 5.88. The van der Waals surface area contributed by atoms with Gasteiger partial charge in [0.15, 0.2) is 11.7 Å². The summed E-state index contributed by atoms with van der Waals surface area (Å²) in [5.74, 6) is -4.43. The summed E-state index contributed by atoms with van der Waals surface area (Å²) < 4.78 is 12.8. The molecule has 0 unspecified atom stereocenters. The maximum atomic E-state index is 12.8. The summed E-state index contributed by atoms with van der Waals surface area (Å²) >= 11 is 0. The van der Waals surface area contributed by atoms with E-state index in [1.807, 2.05) is 0 Å². The highest BCUT2D eigenvalue weighted by Crippen LogP contribution is 2.17. The molecule has 6 nitrogen and oxygen atoms in total. The van der Waals surface area contributed by atoms with Crippen molar-refractivity contribution in [2.75, 3.05) is 14.1 Å². The number of hydrogen-bond acceptors (Lipinski definition) is 4. The van der Waals surface area contributed by atoms with Crippen molar-refractivity contribution >= 4 is 29.7 Å². The minimum Gasteiger partial charge on any atom is -0.293 e. The number of urea groups is 1. The molecule has 7 heteroatoms. The van der Waals surface area contributed by atoms with Crippen LogP contribution in [-0.4, -0.2) is 47.5 Å². The molecule has 0 N–H and O–H groups in total. The van der Waals surface area contributed by atoms with E-state index in [0.29, 0.717) is 5.56 Å². The average molecular weight is 304 g/mol. The Kier molecular flexibility index (Phi) is 4.16. The molecule has 0 aliphatic carbocycles. The molecule has 0 atom stereocenters. The van der Waals surface area contributed by atoms with E-state index in [-0.39, 0.29) is 0 Å². The van der Waals surface area contributed by atoms with Gasteiger partial charge in [0.1, 0.15) is 5.82 Å². The number of ketones is 1. The van der Waals surface area contributed by atoms with Crippen LogP contribution in [0.15, 0.2) is 30.3 Å². The minimum atomic E-state index is -1.57. The lowest BCUT2D eigenvalue weighted by molar-refractivity contribution is -0.150. The van der Waals surface area contributed by atoms with Crippen molar-refractivity contribution < 1.29 is 23.6 Å². The second-order valence-corrected chi connectivity index (χ2v) is 4.80. The van der Waals surface area contributed by atoms with Gasteiger partial charge in [0.25, 0.3) is 11.8 Å². The van der Waals surface area contributed by atoms with E-state index in [9.17, 15) is 23.6 Å². The zero-order valence-electron chi connectivity index (χ0n) is 11.9. The van der Waals surface area contributed by atoms with Crippen molar-refractivity contribution in [3.63, 3.8) is 0 Å². The van der Waals surface area contributed by atoms with Crippen LogP contribution in [0.1, 0.15) is 5.56 Å². The molecule has 0 saturated carbocycles. The number of rotatable bonds is 3. The standard InChI is InChI=1S/C15H13FN2O4/c1-17-13(20)12(14(21)18(2)15(17)22)11(19)8-5-9-3-6-10(16)7-4-9/h3-8,12H,1-2H3/b8-5+. The molecule has 0 radical (unpaired) electrons. The van der Waals surface area contributed by atoms with Gasteiger partial charge in [0.2, 0.25) is 0 Å². The summed E-state index contributed by atoms with van der Waals surface area (Å²) in [5.41, 5.74) is 0.545. The van der Waals surface area contributed by atoms with Crippen LogP contribution < -0.4 is 0 Å². The normalized spacial score (nSPS) is 16.8. The van der Waals surface area contributed by atoms with E-state index in [4.69, 9.17) is 0 Å². The Balaban J connectivity index is 2.21. The molecule has 1 aromatic carbocycles. The average Bonchev–Trinajstić information content (AvgIpc) is 2.50. The predicted molar refractivity (Wildman–Crippen MR) is 74.9 cm³/mol. The lowest BCUT2D eigenvalue weighted by atomic mass is 9.98. The maximum Gasteiger partial charge on any atom is 0.332 e. The number of imide groups is 2. The molecule has 114 valence electrons. The highest BCUT2D eigenvalue weighted by atomic mass is 19.1. The van der Waals surface area contributed by atoms with Crippen molar-refractivity contribution in [2.24, 2.45) is 5.92 Å². The summed E-state index contributed by atoms with van der Waals surface area (Å²) in [4.78, 5) is 49.0. The van der Waals surface area contributed by atoms with E-state index in [0.717, 1.165) is 15.9 Å². The third-order valence-electron chi connectivity index (χ3n) is 3.32. The Bertz CT molecular complexity index is 657. The number of amides is 4. The molecule has 0 bridgehead atoms. The number of halogens is 1. The lowest BCUT2D eigenvalue weighted by Crippen LogP contribution is -2.58. The molecule has 1 saturated heterocycles. The molecule has 1 aliphatic heterocycles. The van der Waals surface area contributed by atoms with E-state index in [1.54, 1.807) is 0 Å². The zero-order chi connectivity index (χ0) is 16.4. The summed E-state index contributed by atoms with van der Waals surface area (Å²) in [6, 6.07) is 4.57. The SMILES string of the molecule is CN1C(=O)C(C(=O)/C=C/c2ccc(F)cc2)C(=O)N(C)C1=O. The first-order chi connectivity index (χ1) is 10.3. The fraction of sp³-hybridized carbons (Fsp3) is 0.200. The lowest BCUT2D eigenvalue weighted by Gasteiger charge is -2.31. The zero-order valence-corrected chi connectivity index (χ0v) is 11.9. The summed E-state index contributed by atoms with van der Waals surface area (Å²) in [7, 11) is 2.41. The summed E-state index contributed by atoms with van der Waals surface area (Å²) in [5, 5.41) is 0. The molecule has 22 heavy (non-hydrogen) atoms. The van der Waals surface area contributed by atoms with Crippen LogP contribution >= 0.6 is 0 Å². The van der Waals surface area contributed by atoms with Crippen molar-refractivity contribution in [3.05, 3.63) is 41.7 Å². The van der Waals surface area contributed by atoms with E-state index >= 15 is 0 Å². The van der Waals surface area contributed by atoms with Crippen LogP contribution in [0.4, 0.5) is 9.18 Å². The Labute approximate surface area is 125 Å². The van der Waals surface area contributed by atoms with Crippen LogP contribution in [0.25, 0.3) is 6.08 Å². The third-order valence-corrected chi connectivity index (χ3v) is 3.32. The Morgan fingerprint density at radius 1 is 1.05 bits per heavy atom. The number of allylic oxidation sites excluding steroid dienone is 1. The minimum absolute atomic E-state index is 0.414. The molecule has 1 aliphatic rings. The molecule has 4 amide bonds. The van der Waals surface area contributed by atoms with Gasteiger partial charge in [0.05, 0.1) is 0 Å². The van der Waals surface area contributed by atoms with Crippen molar-refractivity contribution in [1.82, 2.24) is 9.80 Å². The van der Waals surface area contributed by atoms with Crippen molar-refractivity contribution in [2.45, 2.75) is 0 Å². The van der Waals surface area contributed by atoms with Gasteiger partial charge in [-0.05, 0) is 23.8 Å². The first-order valence-electron chi connectivity index (χ1n) is 6.39. The van der Waals surface area contributed by atoms with Gasteiger partial charge < -0.3 is 0 Å². The fourth-order valence-electron chi connectivity index (χ4n) is 2.00. The maximum absolute atomic E-state index is 12.8. The van der Waals surface area contributed by atoms with Crippen LogP contribution in [0.3, 0.4) is 0 Å². The van der Waals surface area contributed by atoms with Crippen molar-refractivity contribution in [3.8, 4) is 0 Å². The first kappa shape index (κ1) is 15.6. The monoisotopic (exact) mass is 304 g/mol. The largest absolute Gasteiger partial charge is 0.332 e. The number of barbiturate groups is 1. The molecule has 1 aromatic rings. The number of nitrogens with zero attached hydrogens (tertiary/aromatic N) is 2. The van der Waals surface area contributed by atoms with Crippen LogP contribution in [-0.2, 0) is 14.4 Å². The quantitative estimate of drug-likeness (QED) is 0.618. The summed E-state index contributed by atoms with van der Waals surface area (Å²) in [6.45, 7) is 0. The van der Waals surface area contributed by atoms with Gasteiger partial charge in [0, 0.05) is 14.1 Å². The van der Waals surface area contributed by atoms with Crippen molar-refractivity contribution in [1.29, 1.82) is 0 Å². The topological polar surface area (TPSA) is 74.8 Å². The molecule has 0 spiro atoms. The Morgan fingerprint density at radius 3 is 2.05 bits per heavy atom. The summed E-state index contributed by atoms with van der Waals surface area (Å²) in [6.07, 6.45) is 2.45. The fourth-order valence-corrected chi connectivity index (χ4v) is 2.00. The van der Waals surface area contributed by atoms with Gasteiger partial charge in [-0.15, -0.1) is 0 Å². The van der Waals surface area contributed by atoms with Gasteiger partial charge in [-0.25, -0.2) is 9.18 Å². The molecule has 2 rings (SSSR count). The highest BCUT2D eigenvalue weighted by molar-refractivity contribution is 6.28. The second-order valence-electron chi connectivity index (χ2n) is 4.80. The van der Waals surface area contributed by atoms with Gasteiger partial charge in [-0.3, -0.25) is 24.2 Å². The number of hydrogen-bond donors (Lipinski definition) is 0. The molecule has 1 fully saturated rings. The third kappa shape index (κ3) is 2.78. The smallest absolute Gasteiger partial charge is 0.293 e. The number of benzene rings is 1. The first-order valence-corrected chi connectivity index (χ1v) is 6.39. The Morgan fingerprint density at radius 2 is 1.55 bits per heavy atom. The molecule has 1 heterocycles. The van der Waals surface area contributed by atoms with E-state index < -0.39 is 35.4 Å². The van der Waals surface area contributed by atoms with Gasteiger partial charge in [-0.1, -0.05) is 18.2 Å². The van der Waals surface area contributed by atoms with Gasteiger partial charge in [-0.2, -0.15) is 0 Å². The predicted octanol–water partition coefficient (Wildman–Crippen LogP) is 1.07. The molecular formula is C15H13FN2O4. The van der Waals surface area contributed by atoms with Crippen LogP contribution in [0, 0.1) is 11.7 Å². The van der Waals surface area contributed by atoms with E-state index in [1.165, 1.54) is 44.4 Å². The van der Waals surface area contributed by atoms with Gasteiger partial charge >= 0.3 is 6.03 Å². The van der Waals surface area contributed by atoms with Crippen LogP contribution in [0.5, 0.6) is 0 Å². The number of carbonyl (C=O) groups excluding carboxylic acids is 4. The van der Waals surface area contributed by atoms with E-state index in [2.05, 4.69) is 0 Å².